The maximum absolute atomic E-state index is 13.6. The lowest BCUT2D eigenvalue weighted by Gasteiger charge is -2.18. The van der Waals surface area contributed by atoms with E-state index in [1.807, 2.05) is 0 Å². The van der Waals surface area contributed by atoms with E-state index in [2.05, 4.69) is 51.0 Å². The summed E-state index contributed by atoms with van der Waals surface area (Å²) >= 11 is 3.46. The molecule has 0 saturated carbocycles. The number of hydrogen-bond acceptors (Lipinski definition) is 4. The van der Waals surface area contributed by atoms with Gasteiger partial charge in [0.15, 0.2) is 0 Å². The van der Waals surface area contributed by atoms with Crippen LogP contribution < -0.4 is 5.32 Å². The maximum atomic E-state index is 13.6. The molecule has 0 fully saturated rings. The van der Waals surface area contributed by atoms with Gasteiger partial charge in [0.05, 0.1) is 23.4 Å². The highest BCUT2D eigenvalue weighted by Gasteiger charge is 2.22. The first-order valence-corrected chi connectivity index (χ1v) is 14.6. The Morgan fingerprint density at radius 1 is 1.25 bits per heavy atom. The van der Waals surface area contributed by atoms with E-state index in [9.17, 15) is 18.7 Å². The second kappa shape index (κ2) is 10.0. The van der Waals surface area contributed by atoms with Crippen molar-refractivity contribution in [2.75, 3.05) is 6.61 Å². The van der Waals surface area contributed by atoms with Crippen molar-refractivity contribution >= 4 is 41.1 Å². The molecule has 1 aromatic carbocycles. The van der Waals surface area contributed by atoms with E-state index in [1.165, 1.54) is 12.1 Å². The summed E-state index contributed by atoms with van der Waals surface area (Å²) in [7, 11) is -1.19. The molecule has 3 rings (SSSR count). The summed E-state index contributed by atoms with van der Waals surface area (Å²) in [6.07, 6.45) is 0.325. The number of amides is 1. The number of fused-ring (bicyclic) bond motifs is 1. The monoisotopic (exact) mass is 526 g/mol. The molecule has 32 heavy (non-hydrogen) atoms. The SMILES string of the molecule is C[Si](C)(C)CCOCn1ncc2nc(C(Cc3cc(F)cc(F)c3)NC(=O)O)c(Br)cc21. The molecule has 0 aliphatic heterocycles. The standard InChI is InChI=1S/C21H25BrF2N4O3Si/c1-32(2,3)5-4-31-12-28-19-10-16(22)20(26-18(19)11-25-28)17(27-21(29)30)8-13-6-14(23)9-15(24)7-13/h6-7,9-11,17,27H,4-5,8,12H2,1-3H3,(H,29,30). The highest BCUT2D eigenvalue weighted by atomic mass is 79.9. The van der Waals surface area contributed by atoms with Gasteiger partial charge < -0.3 is 15.2 Å². The molecule has 11 heteroatoms. The second-order valence-electron chi connectivity index (χ2n) is 8.74. The van der Waals surface area contributed by atoms with Crippen molar-refractivity contribution in [1.82, 2.24) is 20.1 Å². The molecule has 0 aliphatic carbocycles. The normalized spacial score (nSPS) is 12.8. The molecule has 0 bridgehead atoms. The third kappa shape index (κ3) is 6.56. The van der Waals surface area contributed by atoms with Crippen LogP contribution in [0.25, 0.3) is 11.0 Å². The van der Waals surface area contributed by atoms with Crippen molar-refractivity contribution < 1.29 is 23.4 Å². The van der Waals surface area contributed by atoms with E-state index in [-0.39, 0.29) is 13.2 Å². The number of ether oxygens (including phenoxy) is 1. The summed E-state index contributed by atoms with van der Waals surface area (Å²) in [6, 6.07) is 5.10. The van der Waals surface area contributed by atoms with Gasteiger partial charge in [-0.2, -0.15) is 5.10 Å². The molecule has 2 heterocycles. The van der Waals surface area contributed by atoms with Crippen molar-refractivity contribution in [2.24, 2.45) is 0 Å². The molecule has 0 radical (unpaired) electrons. The van der Waals surface area contributed by atoms with Crippen LogP contribution in [0.4, 0.5) is 13.6 Å². The summed E-state index contributed by atoms with van der Waals surface area (Å²) in [6.45, 7) is 7.77. The van der Waals surface area contributed by atoms with Crippen molar-refractivity contribution in [1.29, 1.82) is 0 Å². The van der Waals surface area contributed by atoms with Gasteiger partial charge in [-0.25, -0.2) is 23.2 Å². The Bertz CT molecular complexity index is 1100. The minimum atomic E-state index is -1.27. The average molecular weight is 527 g/mol. The lowest BCUT2D eigenvalue weighted by Crippen LogP contribution is -2.29. The Kier molecular flexibility index (Phi) is 7.62. The summed E-state index contributed by atoms with van der Waals surface area (Å²) in [5.74, 6) is -1.46. The Hall–Kier alpha value is -2.37. The molecular weight excluding hydrogens is 502 g/mol. The van der Waals surface area contributed by atoms with E-state index >= 15 is 0 Å². The second-order valence-corrected chi connectivity index (χ2v) is 15.2. The average Bonchev–Trinajstić information content (AvgIpc) is 3.04. The Morgan fingerprint density at radius 2 is 1.94 bits per heavy atom. The van der Waals surface area contributed by atoms with E-state index < -0.39 is 31.8 Å². The van der Waals surface area contributed by atoms with Gasteiger partial charge in [0.25, 0.3) is 0 Å². The lowest BCUT2D eigenvalue weighted by atomic mass is 10.0. The predicted octanol–water partition coefficient (Wildman–Crippen LogP) is 5.34. The van der Waals surface area contributed by atoms with Gasteiger partial charge in [-0.05, 0) is 52.2 Å². The van der Waals surface area contributed by atoms with Crippen LogP contribution in [0.1, 0.15) is 17.3 Å². The van der Waals surface area contributed by atoms with Crippen LogP contribution in [-0.4, -0.2) is 40.6 Å². The van der Waals surface area contributed by atoms with Gasteiger partial charge in [-0.15, -0.1) is 0 Å². The minimum absolute atomic E-state index is 0.0199. The van der Waals surface area contributed by atoms with E-state index in [4.69, 9.17) is 4.74 Å². The number of rotatable bonds is 9. The van der Waals surface area contributed by atoms with Crippen LogP contribution in [0.3, 0.4) is 0 Å². The number of nitrogens with zero attached hydrogens (tertiary/aromatic N) is 3. The van der Waals surface area contributed by atoms with Crippen LogP contribution in [-0.2, 0) is 17.9 Å². The highest BCUT2D eigenvalue weighted by Crippen LogP contribution is 2.29. The maximum Gasteiger partial charge on any atom is 0.405 e. The summed E-state index contributed by atoms with van der Waals surface area (Å²) < 4.78 is 35.2. The van der Waals surface area contributed by atoms with Crippen molar-refractivity contribution in [3.8, 4) is 0 Å². The Labute approximate surface area is 193 Å². The zero-order chi connectivity index (χ0) is 23.5. The fourth-order valence-corrected chi connectivity index (χ4v) is 4.54. The molecule has 0 spiro atoms. The molecule has 1 unspecified atom stereocenters. The molecule has 2 aromatic heterocycles. The van der Waals surface area contributed by atoms with Gasteiger partial charge in [0, 0.05) is 25.2 Å². The third-order valence-corrected chi connectivity index (χ3v) is 7.15. The molecule has 7 nitrogen and oxygen atoms in total. The summed E-state index contributed by atoms with van der Waals surface area (Å²) in [5, 5.41) is 16.0. The van der Waals surface area contributed by atoms with Crippen molar-refractivity contribution in [2.45, 2.75) is 44.9 Å². The number of benzene rings is 1. The molecule has 1 amide bonds. The predicted molar refractivity (Wildman–Crippen MR) is 123 cm³/mol. The fraction of sp³-hybridized carbons (Fsp3) is 0.381. The number of carboxylic acid groups (broad SMARTS) is 1. The van der Waals surface area contributed by atoms with E-state index in [1.54, 1.807) is 16.9 Å². The van der Waals surface area contributed by atoms with Crippen LogP contribution in [0.2, 0.25) is 25.7 Å². The van der Waals surface area contributed by atoms with E-state index in [0.717, 1.165) is 17.6 Å². The van der Waals surface area contributed by atoms with Gasteiger partial charge >= 0.3 is 6.09 Å². The quantitative estimate of drug-likeness (QED) is 0.290. The van der Waals surface area contributed by atoms with Crippen LogP contribution in [0.5, 0.6) is 0 Å². The zero-order valence-corrected chi connectivity index (χ0v) is 20.6. The van der Waals surface area contributed by atoms with Gasteiger partial charge in [0.1, 0.15) is 23.9 Å². The lowest BCUT2D eigenvalue weighted by molar-refractivity contribution is 0.0817. The number of carbonyl (C=O) groups is 1. The number of hydrogen-bond donors (Lipinski definition) is 2. The number of pyridine rings is 1. The fourth-order valence-electron chi connectivity index (χ4n) is 3.20. The summed E-state index contributed by atoms with van der Waals surface area (Å²) in [4.78, 5) is 15.9. The Morgan fingerprint density at radius 3 is 2.56 bits per heavy atom. The molecule has 0 saturated heterocycles. The topological polar surface area (TPSA) is 89.3 Å². The highest BCUT2D eigenvalue weighted by molar-refractivity contribution is 9.10. The van der Waals surface area contributed by atoms with Gasteiger partial charge in [-0.3, -0.25) is 0 Å². The van der Waals surface area contributed by atoms with Crippen LogP contribution in [0, 0.1) is 11.6 Å². The Balaban J connectivity index is 1.85. The van der Waals surface area contributed by atoms with Gasteiger partial charge in [0.2, 0.25) is 0 Å². The summed E-state index contributed by atoms with van der Waals surface area (Å²) in [5.41, 5.74) is 1.98. The van der Waals surface area contributed by atoms with Gasteiger partial charge in [-0.1, -0.05) is 19.6 Å². The van der Waals surface area contributed by atoms with Crippen LogP contribution in [0.15, 0.2) is 34.9 Å². The first-order valence-electron chi connectivity index (χ1n) is 10.1. The minimum Gasteiger partial charge on any atom is -0.465 e. The number of aromatic nitrogens is 3. The molecular formula is C21H25BrF2N4O3Si. The molecule has 3 aromatic rings. The first-order chi connectivity index (χ1) is 15.0. The van der Waals surface area contributed by atoms with Crippen molar-refractivity contribution in [3.63, 3.8) is 0 Å². The van der Waals surface area contributed by atoms with E-state index in [0.29, 0.717) is 27.9 Å². The zero-order valence-electron chi connectivity index (χ0n) is 18.0. The molecule has 1 atom stereocenters. The third-order valence-electron chi connectivity index (χ3n) is 4.81. The smallest absolute Gasteiger partial charge is 0.405 e. The molecule has 2 N–H and O–H groups in total. The first kappa shape index (κ1) is 24.3. The molecule has 172 valence electrons. The van der Waals surface area contributed by atoms with Crippen molar-refractivity contribution in [3.05, 3.63) is 57.8 Å². The number of halogens is 3. The molecule has 0 aliphatic rings. The largest absolute Gasteiger partial charge is 0.465 e. The van der Waals surface area contributed by atoms with Crippen LogP contribution >= 0.6 is 15.9 Å². The number of nitrogens with one attached hydrogen (secondary N) is 1.